The van der Waals surface area contributed by atoms with Gasteiger partial charge in [-0.15, -0.1) is 0 Å². The molecule has 1 N–H and O–H groups in total. The van der Waals surface area contributed by atoms with Crippen LogP contribution in [-0.2, 0) is 6.54 Å². The smallest absolute Gasteiger partial charge is 0.251 e. The highest BCUT2D eigenvalue weighted by Gasteiger charge is 2.04. The zero-order chi connectivity index (χ0) is 17.4. The van der Waals surface area contributed by atoms with E-state index in [1.54, 1.807) is 19.2 Å². The summed E-state index contributed by atoms with van der Waals surface area (Å²) >= 11 is 0. The second-order valence-corrected chi connectivity index (χ2v) is 5.67. The molecule has 0 aliphatic carbocycles. The molecule has 0 bridgehead atoms. The van der Waals surface area contributed by atoms with Gasteiger partial charge in [0.15, 0.2) is 0 Å². The molecule has 0 spiro atoms. The summed E-state index contributed by atoms with van der Waals surface area (Å²) < 4.78 is 18.4. The molecule has 24 heavy (non-hydrogen) atoms. The lowest BCUT2D eigenvalue weighted by Gasteiger charge is -2.17. The third-order valence-electron chi connectivity index (χ3n) is 3.66. The van der Waals surface area contributed by atoms with Crippen LogP contribution in [0.25, 0.3) is 0 Å². The lowest BCUT2D eigenvalue weighted by molar-refractivity contribution is 0.0963. The van der Waals surface area contributed by atoms with Crippen molar-refractivity contribution in [3.05, 3.63) is 65.5 Å². The predicted molar refractivity (Wildman–Crippen MR) is 92.7 cm³/mol. The molecule has 0 unspecified atom stereocenters. The first kappa shape index (κ1) is 17.9. The standard InChI is InChI=1S/C19H23FN2O2/c1-21-19(23)16-6-4-15(5-7-16)14-22(2)12-3-13-24-18-10-8-17(20)9-11-18/h4-11H,3,12-14H2,1-2H3,(H,21,23). The van der Waals surface area contributed by atoms with Gasteiger partial charge in [-0.3, -0.25) is 4.79 Å². The number of nitrogens with zero attached hydrogens (tertiary/aromatic N) is 1. The molecular weight excluding hydrogens is 307 g/mol. The van der Waals surface area contributed by atoms with E-state index in [9.17, 15) is 9.18 Å². The predicted octanol–water partition coefficient (Wildman–Crippen LogP) is 3.09. The number of amides is 1. The molecule has 128 valence electrons. The molecule has 2 aromatic rings. The fourth-order valence-corrected chi connectivity index (χ4v) is 2.35. The van der Waals surface area contributed by atoms with Crippen molar-refractivity contribution in [1.29, 1.82) is 0 Å². The molecule has 0 aliphatic heterocycles. The minimum atomic E-state index is -0.260. The van der Waals surface area contributed by atoms with Crippen molar-refractivity contribution in [2.45, 2.75) is 13.0 Å². The van der Waals surface area contributed by atoms with Crippen LogP contribution in [0, 0.1) is 5.82 Å². The molecule has 0 aliphatic rings. The maximum atomic E-state index is 12.8. The molecule has 2 aromatic carbocycles. The molecule has 0 aromatic heterocycles. The minimum Gasteiger partial charge on any atom is -0.494 e. The maximum absolute atomic E-state index is 12.8. The van der Waals surface area contributed by atoms with E-state index in [0.29, 0.717) is 17.9 Å². The van der Waals surface area contributed by atoms with E-state index in [1.165, 1.54) is 12.1 Å². The van der Waals surface area contributed by atoms with Crippen molar-refractivity contribution in [2.75, 3.05) is 27.2 Å². The second kappa shape index (κ2) is 9.03. The first-order valence-corrected chi connectivity index (χ1v) is 7.96. The van der Waals surface area contributed by atoms with E-state index in [1.807, 2.05) is 31.3 Å². The Labute approximate surface area is 142 Å². The van der Waals surface area contributed by atoms with E-state index in [-0.39, 0.29) is 11.7 Å². The number of rotatable bonds is 8. The number of halogens is 1. The Morgan fingerprint density at radius 3 is 2.42 bits per heavy atom. The van der Waals surface area contributed by atoms with Crippen LogP contribution < -0.4 is 10.1 Å². The van der Waals surface area contributed by atoms with Gasteiger partial charge in [0.1, 0.15) is 11.6 Å². The van der Waals surface area contributed by atoms with Crippen LogP contribution in [-0.4, -0.2) is 38.1 Å². The number of hydrogen-bond donors (Lipinski definition) is 1. The zero-order valence-corrected chi connectivity index (χ0v) is 14.1. The van der Waals surface area contributed by atoms with Gasteiger partial charge in [0.2, 0.25) is 0 Å². The van der Waals surface area contributed by atoms with Crippen molar-refractivity contribution < 1.29 is 13.9 Å². The number of benzene rings is 2. The molecule has 0 radical (unpaired) electrons. The normalized spacial score (nSPS) is 10.7. The molecule has 0 saturated carbocycles. The summed E-state index contributed by atoms with van der Waals surface area (Å²) in [5.41, 5.74) is 1.82. The molecule has 2 rings (SSSR count). The van der Waals surface area contributed by atoms with Gasteiger partial charge in [-0.25, -0.2) is 4.39 Å². The number of carbonyl (C=O) groups is 1. The largest absolute Gasteiger partial charge is 0.494 e. The number of nitrogens with one attached hydrogen (secondary N) is 1. The van der Waals surface area contributed by atoms with Crippen molar-refractivity contribution in [1.82, 2.24) is 10.2 Å². The van der Waals surface area contributed by atoms with E-state index < -0.39 is 0 Å². The molecule has 0 fully saturated rings. The third-order valence-corrected chi connectivity index (χ3v) is 3.66. The highest BCUT2D eigenvalue weighted by Crippen LogP contribution is 2.11. The summed E-state index contributed by atoms with van der Waals surface area (Å²) in [6, 6.07) is 13.7. The van der Waals surface area contributed by atoms with E-state index in [2.05, 4.69) is 10.2 Å². The van der Waals surface area contributed by atoms with Crippen LogP contribution in [0.15, 0.2) is 48.5 Å². The van der Waals surface area contributed by atoms with Gasteiger partial charge in [0.25, 0.3) is 5.91 Å². The Morgan fingerprint density at radius 2 is 1.79 bits per heavy atom. The Bertz CT molecular complexity index is 641. The Hall–Kier alpha value is -2.40. The van der Waals surface area contributed by atoms with Gasteiger partial charge >= 0.3 is 0 Å². The first-order chi connectivity index (χ1) is 11.6. The fourth-order valence-electron chi connectivity index (χ4n) is 2.35. The molecule has 1 amide bonds. The van der Waals surface area contributed by atoms with Gasteiger partial charge in [-0.05, 0) is 55.4 Å². The SMILES string of the molecule is CNC(=O)c1ccc(CN(C)CCCOc2ccc(F)cc2)cc1. The quantitative estimate of drug-likeness (QED) is 0.756. The summed E-state index contributed by atoms with van der Waals surface area (Å²) in [5, 5.41) is 2.61. The lowest BCUT2D eigenvalue weighted by atomic mass is 10.1. The van der Waals surface area contributed by atoms with E-state index in [0.717, 1.165) is 25.1 Å². The summed E-state index contributed by atoms with van der Waals surface area (Å²) in [6.45, 7) is 2.29. The Kier molecular flexibility index (Phi) is 6.75. The van der Waals surface area contributed by atoms with Gasteiger partial charge in [-0.2, -0.15) is 0 Å². The van der Waals surface area contributed by atoms with Gasteiger partial charge in [0.05, 0.1) is 6.61 Å². The van der Waals surface area contributed by atoms with Crippen LogP contribution >= 0.6 is 0 Å². The molecule has 0 saturated heterocycles. The van der Waals surface area contributed by atoms with Crippen LogP contribution in [0.2, 0.25) is 0 Å². The molecule has 0 heterocycles. The zero-order valence-electron chi connectivity index (χ0n) is 14.1. The minimum absolute atomic E-state index is 0.0761. The van der Waals surface area contributed by atoms with Crippen LogP contribution in [0.1, 0.15) is 22.3 Å². The van der Waals surface area contributed by atoms with Crippen LogP contribution in [0.5, 0.6) is 5.75 Å². The maximum Gasteiger partial charge on any atom is 0.251 e. The van der Waals surface area contributed by atoms with Gasteiger partial charge in [-0.1, -0.05) is 12.1 Å². The Balaban J connectivity index is 1.70. The molecule has 4 nitrogen and oxygen atoms in total. The summed E-state index contributed by atoms with van der Waals surface area (Å²) in [5.74, 6) is 0.348. The monoisotopic (exact) mass is 330 g/mol. The van der Waals surface area contributed by atoms with Crippen molar-refractivity contribution in [3.8, 4) is 5.75 Å². The highest BCUT2D eigenvalue weighted by molar-refractivity contribution is 5.93. The lowest BCUT2D eigenvalue weighted by Crippen LogP contribution is -2.21. The summed E-state index contributed by atoms with van der Waals surface area (Å²) in [7, 11) is 3.67. The number of carbonyl (C=O) groups excluding carboxylic acids is 1. The van der Waals surface area contributed by atoms with E-state index >= 15 is 0 Å². The number of hydrogen-bond acceptors (Lipinski definition) is 3. The Morgan fingerprint density at radius 1 is 1.12 bits per heavy atom. The van der Waals surface area contributed by atoms with Crippen molar-refractivity contribution in [2.24, 2.45) is 0 Å². The average Bonchev–Trinajstić information content (AvgIpc) is 2.60. The fraction of sp³-hybridized carbons (Fsp3) is 0.316. The first-order valence-electron chi connectivity index (χ1n) is 7.96. The number of ether oxygens (including phenoxy) is 1. The van der Waals surface area contributed by atoms with Crippen molar-refractivity contribution in [3.63, 3.8) is 0 Å². The van der Waals surface area contributed by atoms with Gasteiger partial charge < -0.3 is 15.0 Å². The third kappa shape index (κ3) is 5.66. The highest BCUT2D eigenvalue weighted by atomic mass is 19.1. The van der Waals surface area contributed by atoms with E-state index in [4.69, 9.17) is 4.74 Å². The van der Waals surface area contributed by atoms with Crippen molar-refractivity contribution >= 4 is 5.91 Å². The molecule has 5 heteroatoms. The van der Waals surface area contributed by atoms with Crippen LogP contribution in [0.4, 0.5) is 4.39 Å². The molecular formula is C19H23FN2O2. The van der Waals surface area contributed by atoms with Crippen LogP contribution in [0.3, 0.4) is 0 Å². The summed E-state index contributed by atoms with van der Waals surface area (Å²) in [6.07, 6.45) is 0.879. The second-order valence-electron chi connectivity index (χ2n) is 5.67. The van der Waals surface area contributed by atoms with Gasteiger partial charge in [0, 0.05) is 25.7 Å². The summed E-state index contributed by atoms with van der Waals surface area (Å²) in [4.78, 5) is 13.7. The average molecular weight is 330 g/mol. The molecule has 0 atom stereocenters. The topological polar surface area (TPSA) is 41.6 Å².